The van der Waals surface area contributed by atoms with Gasteiger partial charge in [-0.2, -0.15) is 0 Å². The molecular formula is C13H22N4O8. The van der Waals surface area contributed by atoms with Gasteiger partial charge in [-0.1, -0.05) is 0 Å². The number of carbonyl (C=O) groups is 5. The van der Waals surface area contributed by atoms with E-state index in [2.05, 4.69) is 16.2 Å². The van der Waals surface area contributed by atoms with Gasteiger partial charge in [-0.25, -0.2) is 10.9 Å². The minimum absolute atomic E-state index is 0.0356. The van der Waals surface area contributed by atoms with Crippen LogP contribution in [0.5, 0.6) is 0 Å². The van der Waals surface area contributed by atoms with Gasteiger partial charge in [-0.15, -0.1) is 0 Å². The van der Waals surface area contributed by atoms with E-state index in [0.717, 1.165) is 0 Å². The highest BCUT2D eigenvalue weighted by atomic mass is 16.4. The first kappa shape index (κ1) is 22.3. The lowest BCUT2D eigenvalue weighted by Gasteiger charge is -2.19. The van der Waals surface area contributed by atoms with Gasteiger partial charge < -0.3 is 26.4 Å². The molecule has 8 N–H and O–H groups in total. The Kier molecular flexibility index (Phi) is 10.5. The zero-order chi connectivity index (χ0) is 19.4. The fraction of sp³-hybridized carbons (Fsp3) is 0.615. The molecule has 0 fully saturated rings. The van der Waals surface area contributed by atoms with Crippen LogP contribution in [0, 0.1) is 0 Å². The second-order valence-corrected chi connectivity index (χ2v) is 5.11. The summed E-state index contributed by atoms with van der Waals surface area (Å²) in [5.74, 6) is -4.93. The van der Waals surface area contributed by atoms with Gasteiger partial charge in [0, 0.05) is 25.8 Å². The molecule has 0 aliphatic rings. The maximum Gasteiger partial charge on any atom is 0.322 e. The topological polar surface area (TPSA) is 208 Å². The molecule has 0 rings (SSSR count). The smallest absolute Gasteiger partial charge is 0.322 e. The molecule has 0 spiro atoms. The van der Waals surface area contributed by atoms with Crippen molar-refractivity contribution in [2.75, 3.05) is 6.54 Å². The molecule has 2 amide bonds. The third-order valence-corrected chi connectivity index (χ3v) is 3.03. The Morgan fingerprint density at radius 3 is 1.68 bits per heavy atom. The first-order chi connectivity index (χ1) is 11.6. The fourth-order valence-electron chi connectivity index (χ4n) is 1.67. The monoisotopic (exact) mass is 362 g/mol. The zero-order valence-electron chi connectivity index (χ0n) is 13.4. The molecule has 12 nitrogen and oxygen atoms in total. The first-order valence-corrected chi connectivity index (χ1v) is 7.37. The predicted octanol–water partition coefficient (Wildman–Crippen LogP) is -2.38. The van der Waals surface area contributed by atoms with Crippen LogP contribution in [-0.2, 0) is 24.0 Å². The van der Waals surface area contributed by atoms with Crippen molar-refractivity contribution in [2.45, 2.75) is 44.2 Å². The predicted molar refractivity (Wildman–Crippen MR) is 82.0 cm³/mol. The largest absolute Gasteiger partial charge is 0.481 e. The Balaban J connectivity index is 4.37. The number of primary amides is 1. The van der Waals surface area contributed by atoms with Crippen LogP contribution in [0.25, 0.3) is 0 Å². The third kappa shape index (κ3) is 11.4. The Morgan fingerprint density at radius 2 is 1.28 bits per heavy atom. The number of rotatable bonds is 14. The summed E-state index contributed by atoms with van der Waals surface area (Å²) in [6.45, 7) is 0.0356. The van der Waals surface area contributed by atoms with Crippen LogP contribution < -0.4 is 21.9 Å². The molecule has 25 heavy (non-hydrogen) atoms. The standard InChI is InChI=1S/C13H22N4O8/c14-9(18)5-6-15-10(19)3-1-7(12(22)23)16-17-8(13(24)25)2-4-11(20)21/h7-8,16-17H,1-6H2,(H2,14,18)(H,15,19)(H,20,21)(H,22,23)(H,24,25)/t7-,8-/m0/s1. The number of hydrazine groups is 1. The lowest BCUT2D eigenvalue weighted by molar-refractivity contribution is -0.144. The summed E-state index contributed by atoms with van der Waals surface area (Å²) >= 11 is 0. The third-order valence-electron chi connectivity index (χ3n) is 3.03. The van der Waals surface area contributed by atoms with E-state index in [1.807, 2.05) is 0 Å². The Morgan fingerprint density at radius 1 is 0.800 bits per heavy atom. The number of hydrogen-bond acceptors (Lipinski definition) is 7. The van der Waals surface area contributed by atoms with E-state index < -0.39 is 48.2 Å². The summed E-state index contributed by atoms with van der Waals surface area (Å²) in [6.07, 6.45) is -1.05. The van der Waals surface area contributed by atoms with E-state index in [-0.39, 0.29) is 32.2 Å². The average molecular weight is 362 g/mol. The summed E-state index contributed by atoms with van der Waals surface area (Å²) in [7, 11) is 0. The van der Waals surface area contributed by atoms with Crippen molar-refractivity contribution < 1.29 is 39.3 Å². The quantitative estimate of drug-likeness (QED) is 0.163. The molecule has 2 atom stereocenters. The minimum Gasteiger partial charge on any atom is -0.481 e. The molecule has 12 heteroatoms. The van der Waals surface area contributed by atoms with Gasteiger partial charge in [-0.3, -0.25) is 24.0 Å². The summed E-state index contributed by atoms with van der Waals surface area (Å²) in [6, 6.07) is -2.57. The number of carboxylic acids is 3. The normalized spacial score (nSPS) is 12.8. The van der Waals surface area contributed by atoms with Gasteiger partial charge in [0.15, 0.2) is 0 Å². The molecule has 142 valence electrons. The van der Waals surface area contributed by atoms with Crippen LogP contribution >= 0.6 is 0 Å². The molecule has 0 aliphatic heterocycles. The Hall–Kier alpha value is -2.73. The van der Waals surface area contributed by atoms with Crippen molar-refractivity contribution >= 4 is 29.7 Å². The molecule has 0 radical (unpaired) electrons. The summed E-state index contributed by atoms with van der Waals surface area (Å²) in [4.78, 5) is 54.6. The van der Waals surface area contributed by atoms with Crippen molar-refractivity contribution in [1.29, 1.82) is 0 Å². The highest BCUT2D eigenvalue weighted by Gasteiger charge is 2.23. The number of carbonyl (C=O) groups excluding carboxylic acids is 2. The SMILES string of the molecule is NC(=O)CCNC(=O)CC[C@H](NN[C@@H](CCC(=O)O)C(=O)O)C(=O)O. The number of nitrogens with two attached hydrogens (primary N) is 1. The zero-order valence-corrected chi connectivity index (χ0v) is 13.4. The van der Waals surface area contributed by atoms with Gasteiger partial charge in [-0.05, 0) is 12.8 Å². The highest BCUT2D eigenvalue weighted by Crippen LogP contribution is 2.00. The van der Waals surface area contributed by atoms with Crippen LogP contribution in [0.2, 0.25) is 0 Å². The molecule has 0 aromatic rings. The highest BCUT2D eigenvalue weighted by molar-refractivity contribution is 5.79. The van der Waals surface area contributed by atoms with Crippen LogP contribution in [-0.4, -0.2) is 63.7 Å². The number of amides is 2. The van der Waals surface area contributed by atoms with E-state index in [1.54, 1.807) is 0 Å². The summed E-state index contributed by atoms with van der Waals surface area (Å²) in [5, 5.41) is 29.0. The molecule has 0 aromatic heterocycles. The van der Waals surface area contributed by atoms with E-state index in [1.165, 1.54) is 0 Å². The number of hydrogen-bond donors (Lipinski definition) is 7. The Bertz CT molecular complexity index is 510. The summed E-state index contributed by atoms with van der Waals surface area (Å²) in [5.41, 5.74) is 9.43. The molecule has 0 aromatic carbocycles. The van der Waals surface area contributed by atoms with Crippen molar-refractivity contribution in [3.63, 3.8) is 0 Å². The van der Waals surface area contributed by atoms with Gasteiger partial charge in [0.05, 0.1) is 0 Å². The van der Waals surface area contributed by atoms with Gasteiger partial charge in [0.2, 0.25) is 11.8 Å². The first-order valence-electron chi connectivity index (χ1n) is 7.37. The molecule has 0 saturated heterocycles. The molecule has 0 aliphatic carbocycles. The maximum absolute atomic E-state index is 11.5. The van der Waals surface area contributed by atoms with E-state index in [9.17, 15) is 24.0 Å². The van der Waals surface area contributed by atoms with Gasteiger partial charge >= 0.3 is 17.9 Å². The maximum atomic E-state index is 11.5. The van der Waals surface area contributed by atoms with Crippen LogP contribution in [0.4, 0.5) is 0 Å². The van der Waals surface area contributed by atoms with E-state index in [0.29, 0.717) is 0 Å². The van der Waals surface area contributed by atoms with Crippen molar-refractivity contribution in [3.8, 4) is 0 Å². The van der Waals surface area contributed by atoms with Crippen molar-refractivity contribution in [3.05, 3.63) is 0 Å². The minimum atomic E-state index is -1.35. The molecule has 0 unspecified atom stereocenters. The number of aliphatic carboxylic acids is 3. The van der Waals surface area contributed by atoms with E-state index >= 15 is 0 Å². The van der Waals surface area contributed by atoms with Crippen LogP contribution in [0.3, 0.4) is 0 Å². The van der Waals surface area contributed by atoms with Gasteiger partial charge in [0.1, 0.15) is 12.1 Å². The van der Waals surface area contributed by atoms with Crippen molar-refractivity contribution in [2.24, 2.45) is 5.73 Å². The summed E-state index contributed by atoms with van der Waals surface area (Å²) < 4.78 is 0. The molecular weight excluding hydrogens is 340 g/mol. The van der Waals surface area contributed by atoms with Crippen LogP contribution in [0.1, 0.15) is 32.1 Å². The molecule has 0 bridgehead atoms. The second kappa shape index (κ2) is 11.8. The Labute approximate surface area is 142 Å². The second-order valence-electron chi connectivity index (χ2n) is 5.11. The van der Waals surface area contributed by atoms with Crippen molar-refractivity contribution in [1.82, 2.24) is 16.2 Å². The molecule has 0 heterocycles. The number of carboxylic acid groups (broad SMARTS) is 3. The lowest BCUT2D eigenvalue weighted by atomic mass is 10.1. The average Bonchev–Trinajstić information content (AvgIpc) is 2.48. The van der Waals surface area contributed by atoms with Gasteiger partial charge in [0.25, 0.3) is 0 Å². The fourth-order valence-corrected chi connectivity index (χ4v) is 1.67. The number of nitrogens with one attached hydrogen (secondary N) is 3. The van der Waals surface area contributed by atoms with E-state index in [4.69, 9.17) is 21.1 Å². The van der Waals surface area contributed by atoms with Crippen LogP contribution in [0.15, 0.2) is 0 Å². The lowest BCUT2D eigenvalue weighted by Crippen LogP contribution is -2.52. The molecule has 0 saturated carbocycles.